The van der Waals surface area contributed by atoms with E-state index in [1.807, 2.05) is 21.1 Å². The second kappa shape index (κ2) is 74.0. The molecule has 0 bridgehead atoms. The number of allylic oxidation sites excluding steroid dienone is 16. The highest BCUT2D eigenvalue weighted by Crippen LogP contribution is 2.19. The summed E-state index contributed by atoms with van der Waals surface area (Å²) in [6, 6.07) is 0. The maximum absolute atomic E-state index is 13.0. The number of unbranched alkanes of at least 4 members (excludes halogenated alkanes) is 42. The molecule has 0 saturated heterocycles. The average Bonchev–Trinajstić information content (AvgIpc) is 3.73. The third kappa shape index (κ3) is 75.5. The topological polar surface area (TPSA) is 108 Å². The molecule has 0 amide bonds. The Balaban J connectivity index is 4.05. The zero-order chi connectivity index (χ0) is 67.5. The molecule has 2 unspecified atom stereocenters. The van der Waals surface area contributed by atoms with Crippen LogP contribution in [0.25, 0.3) is 0 Å². The molecular formula is C84H150NO8+. The number of hydrogen-bond donors (Lipinski definition) is 1. The largest absolute Gasteiger partial charge is 0.477 e. The fourth-order valence-corrected chi connectivity index (χ4v) is 11.4. The molecule has 9 heteroatoms. The Labute approximate surface area is 575 Å². The van der Waals surface area contributed by atoms with E-state index in [2.05, 4.69) is 111 Å². The molecule has 538 valence electrons. The van der Waals surface area contributed by atoms with E-state index in [4.69, 9.17) is 18.9 Å². The summed E-state index contributed by atoms with van der Waals surface area (Å²) in [5.41, 5.74) is 0. The van der Waals surface area contributed by atoms with Crippen LogP contribution in [0.4, 0.5) is 0 Å². The van der Waals surface area contributed by atoms with E-state index in [1.54, 1.807) is 0 Å². The minimum atomic E-state index is -1.51. The SMILES string of the molecule is CC/C=C\C/C=C\C/C=C\C/C=C\C/C=C\C/C=C\C/C=C\C/C=C\CCCCCCCCCCCCCCC(=O)OC(COC(=O)CCCCCCCCCCCCCCCCCCCCCCCCCCCCCCCCC)COC(OCC[N+](C)(C)C)C(=O)O. The van der Waals surface area contributed by atoms with Gasteiger partial charge in [-0.2, -0.15) is 0 Å². The molecule has 93 heavy (non-hydrogen) atoms. The number of carboxylic acid groups (broad SMARTS) is 1. The summed E-state index contributed by atoms with van der Waals surface area (Å²) in [7, 11) is 5.99. The predicted molar refractivity (Wildman–Crippen MR) is 401 cm³/mol. The number of quaternary nitrogens is 1. The molecular weight excluding hydrogens is 1150 g/mol. The lowest BCUT2D eigenvalue weighted by Gasteiger charge is -2.25. The van der Waals surface area contributed by atoms with Crippen LogP contribution < -0.4 is 0 Å². The molecule has 2 atom stereocenters. The molecule has 9 nitrogen and oxygen atoms in total. The normalized spacial score (nSPS) is 13.2. The number of likely N-dealkylation sites (N-methyl/N-ethyl adjacent to an activating group) is 1. The molecule has 0 aromatic heterocycles. The minimum Gasteiger partial charge on any atom is -0.477 e. The summed E-state index contributed by atoms with van der Waals surface area (Å²) in [6.45, 7) is 4.81. The molecule has 0 heterocycles. The van der Waals surface area contributed by atoms with Gasteiger partial charge in [0.05, 0.1) is 34.4 Å². The Morgan fingerprint density at radius 2 is 0.613 bits per heavy atom. The number of esters is 2. The molecule has 1 N–H and O–H groups in total. The van der Waals surface area contributed by atoms with Crippen LogP contribution in [0.3, 0.4) is 0 Å². The summed E-state index contributed by atoms with van der Waals surface area (Å²) in [6.07, 6.45) is 99.8. The number of carbonyl (C=O) groups excluding carboxylic acids is 2. The van der Waals surface area contributed by atoms with Gasteiger partial charge in [-0.05, 0) is 77.0 Å². The Morgan fingerprint density at radius 3 is 0.914 bits per heavy atom. The van der Waals surface area contributed by atoms with E-state index < -0.39 is 24.3 Å². The average molecular weight is 1300 g/mol. The fourth-order valence-electron chi connectivity index (χ4n) is 11.4. The van der Waals surface area contributed by atoms with Crippen molar-refractivity contribution in [3.05, 3.63) is 97.2 Å². The van der Waals surface area contributed by atoms with Gasteiger partial charge in [-0.1, -0.05) is 368 Å². The van der Waals surface area contributed by atoms with Crippen LogP contribution in [0.1, 0.15) is 361 Å². The number of hydrogen-bond acceptors (Lipinski definition) is 7. The van der Waals surface area contributed by atoms with Gasteiger partial charge in [0, 0.05) is 12.8 Å². The zero-order valence-electron chi connectivity index (χ0n) is 61.7. The molecule has 0 aliphatic heterocycles. The Morgan fingerprint density at radius 1 is 0.333 bits per heavy atom. The van der Waals surface area contributed by atoms with Crippen LogP contribution in [-0.4, -0.2) is 87.4 Å². The standard InChI is InChI=1S/C84H149NO8/c1-6-8-10-12-14-16-18-20-22-24-26-28-30-32-34-36-38-39-40-41-42-43-45-47-49-51-53-55-57-59-61-63-65-67-69-71-73-75-82(87)93-80(79-92-84(83(88)89)90-77-76-85(3,4)5)78-91-81(86)74-72-70-68-66-64-62-60-58-56-54-52-50-48-46-44-37-35-33-31-29-27-25-23-21-19-17-15-13-11-9-7-2/h8,10,14,16,20,22,26,28,32,34,38-39,41-42,45,47,80,84H,6-7,9,11-13,15,17-19,21,23-25,27,29-31,33,35-37,40,43-44,46,48-79H2,1-5H3/p+1/b10-8-,16-14-,22-20-,28-26-,34-32-,39-38-,42-41-,47-45-. The van der Waals surface area contributed by atoms with E-state index in [9.17, 15) is 19.5 Å². The summed E-state index contributed by atoms with van der Waals surface area (Å²) >= 11 is 0. The first-order chi connectivity index (χ1) is 45.6. The Kier molecular flexibility index (Phi) is 71.0. The van der Waals surface area contributed by atoms with Crippen molar-refractivity contribution >= 4 is 17.9 Å². The van der Waals surface area contributed by atoms with E-state index in [1.165, 1.54) is 238 Å². The van der Waals surface area contributed by atoms with Gasteiger partial charge in [-0.15, -0.1) is 0 Å². The highest BCUT2D eigenvalue weighted by Gasteiger charge is 2.25. The van der Waals surface area contributed by atoms with Crippen molar-refractivity contribution in [1.82, 2.24) is 0 Å². The number of carbonyl (C=O) groups is 3. The Hall–Kier alpha value is -3.79. The first-order valence-corrected chi connectivity index (χ1v) is 39.4. The molecule has 0 aliphatic rings. The third-order valence-corrected chi connectivity index (χ3v) is 17.4. The van der Waals surface area contributed by atoms with Crippen LogP contribution >= 0.6 is 0 Å². The van der Waals surface area contributed by atoms with Crippen LogP contribution in [-0.2, 0) is 33.3 Å². The van der Waals surface area contributed by atoms with Gasteiger partial charge in [0.1, 0.15) is 13.2 Å². The van der Waals surface area contributed by atoms with Crippen molar-refractivity contribution < 1.29 is 42.9 Å². The Bertz CT molecular complexity index is 1850. The number of ether oxygens (including phenoxy) is 4. The first-order valence-electron chi connectivity index (χ1n) is 39.4. The number of carboxylic acids is 1. The van der Waals surface area contributed by atoms with Gasteiger partial charge in [0.15, 0.2) is 6.10 Å². The molecule has 0 fully saturated rings. The van der Waals surface area contributed by atoms with Crippen molar-refractivity contribution in [2.24, 2.45) is 0 Å². The first kappa shape index (κ1) is 89.2. The van der Waals surface area contributed by atoms with Gasteiger partial charge in [-0.3, -0.25) is 9.59 Å². The number of rotatable bonds is 73. The van der Waals surface area contributed by atoms with Crippen molar-refractivity contribution in [3.8, 4) is 0 Å². The van der Waals surface area contributed by atoms with Crippen LogP contribution in [0.2, 0.25) is 0 Å². The zero-order valence-corrected chi connectivity index (χ0v) is 61.7. The van der Waals surface area contributed by atoms with Gasteiger partial charge >= 0.3 is 17.9 Å². The van der Waals surface area contributed by atoms with Crippen LogP contribution in [0, 0.1) is 0 Å². The molecule has 0 radical (unpaired) electrons. The van der Waals surface area contributed by atoms with Crippen LogP contribution in [0.15, 0.2) is 97.2 Å². The maximum Gasteiger partial charge on any atom is 0.361 e. The number of nitrogens with zero attached hydrogens (tertiary/aromatic N) is 1. The minimum absolute atomic E-state index is 0.182. The maximum atomic E-state index is 13.0. The van der Waals surface area contributed by atoms with Crippen molar-refractivity contribution in [1.29, 1.82) is 0 Å². The molecule has 0 saturated carbocycles. The smallest absolute Gasteiger partial charge is 0.361 e. The molecule has 0 rings (SSSR count). The molecule has 0 aromatic rings. The lowest BCUT2D eigenvalue weighted by molar-refractivity contribution is -0.870. The monoisotopic (exact) mass is 1300 g/mol. The summed E-state index contributed by atoms with van der Waals surface area (Å²) in [5.74, 6) is -1.99. The lowest BCUT2D eigenvalue weighted by Crippen LogP contribution is -2.40. The van der Waals surface area contributed by atoms with E-state index >= 15 is 0 Å². The van der Waals surface area contributed by atoms with Gasteiger partial charge in [-0.25, -0.2) is 4.79 Å². The third-order valence-electron chi connectivity index (χ3n) is 17.4. The van der Waals surface area contributed by atoms with E-state index in [0.717, 1.165) is 96.3 Å². The van der Waals surface area contributed by atoms with E-state index in [0.29, 0.717) is 17.4 Å². The molecule has 0 spiro atoms. The van der Waals surface area contributed by atoms with Gasteiger partial charge in [0.25, 0.3) is 6.29 Å². The highest BCUT2D eigenvalue weighted by atomic mass is 16.7. The van der Waals surface area contributed by atoms with E-state index in [-0.39, 0.29) is 32.2 Å². The van der Waals surface area contributed by atoms with Crippen molar-refractivity contribution in [2.75, 3.05) is 47.5 Å². The van der Waals surface area contributed by atoms with Crippen LogP contribution in [0.5, 0.6) is 0 Å². The second-order valence-corrected chi connectivity index (χ2v) is 27.7. The summed E-state index contributed by atoms with van der Waals surface area (Å²) in [4.78, 5) is 37.7. The second-order valence-electron chi connectivity index (χ2n) is 27.7. The van der Waals surface area contributed by atoms with Crippen molar-refractivity contribution in [2.45, 2.75) is 373 Å². The lowest BCUT2D eigenvalue weighted by atomic mass is 10.0. The van der Waals surface area contributed by atoms with Gasteiger partial charge < -0.3 is 28.5 Å². The summed E-state index contributed by atoms with van der Waals surface area (Å²) < 4.78 is 23.0. The molecule has 0 aromatic carbocycles. The number of aliphatic carboxylic acids is 1. The highest BCUT2D eigenvalue weighted by molar-refractivity contribution is 5.71. The quantitative estimate of drug-likeness (QED) is 0.0211. The molecule has 0 aliphatic carbocycles. The predicted octanol–water partition coefficient (Wildman–Crippen LogP) is 25.1. The van der Waals surface area contributed by atoms with Gasteiger partial charge in [0.2, 0.25) is 0 Å². The fraction of sp³-hybridized carbons (Fsp3) is 0.774. The van der Waals surface area contributed by atoms with Crippen molar-refractivity contribution in [3.63, 3.8) is 0 Å². The summed E-state index contributed by atoms with van der Waals surface area (Å²) in [5, 5.41) is 9.77.